The summed E-state index contributed by atoms with van der Waals surface area (Å²) in [6.07, 6.45) is 0. The number of nitrogens with zero attached hydrogens (tertiary/aromatic N) is 6. The molecule has 0 spiro atoms. The molecule has 1 aliphatic heterocycles. The smallest absolute Gasteiger partial charge is 0.262 e. The van der Waals surface area contributed by atoms with Gasteiger partial charge in [0.05, 0.1) is 22.3 Å². The van der Waals surface area contributed by atoms with E-state index in [0.29, 0.717) is 53.7 Å². The van der Waals surface area contributed by atoms with Crippen LogP contribution in [0.2, 0.25) is 0 Å². The number of carbonyl (C=O) groups is 1. The fourth-order valence-electron chi connectivity index (χ4n) is 4.03. The van der Waals surface area contributed by atoms with Crippen LogP contribution >= 0.6 is 11.8 Å². The van der Waals surface area contributed by atoms with Gasteiger partial charge in [0.2, 0.25) is 11.7 Å². The van der Waals surface area contributed by atoms with Crippen LogP contribution in [0.5, 0.6) is 0 Å². The van der Waals surface area contributed by atoms with Crippen molar-refractivity contribution in [1.29, 1.82) is 0 Å². The Bertz CT molecular complexity index is 1380. The molecule has 5 rings (SSSR count). The fraction of sp³-hybridized carbons (Fsp3) is 0.273. The maximum absolute atomic E-state index is 14.0. The number of thioether (sulfide) groups is 1. The quantitative estimate of drug-likeness (QED) is 0.442. The molecule has 4 aromatic rings. The van der Waals surface area contributed by atoms with Crippen LogP contribution in [0.4, 0.5) is 10.1 Å². The van der Waals surface area contributed by atoms with Gasteiger partial charge in [0, 0.05) is 33.2 Å². The van der Waals surface area contributed by atoms with Gasteiger partial charge >= 0.3 is 0 Å². The second-order valence-corrected chi connectivity index (χ2v) is 8.55. The first kappa shape index (κ1) is 20.5. The first-order valence-electron chi connectivity index (χ1n) is 10.3. The monoisotopic (exact) mass is 452 g/mol. The lowest BCUT2D eigenvalue weighted by Gasteiger charge is -2.36. The lowest BCUT2D eigenvalue weighted by Crippen LogP contribution is -2.49. The molecule has 164 valence electrons. The van der Waals surface area contributed by atoms with E-state index < -0.39 is 0 Å². The summed E-state index contributed by atoms with van der Waals surface area (Å²) in [7, 11) is 1.66. The van der Waals surface area contributed by atoms with Gasteiger partial charge in [0.25, 0.3) is 5.56 Å². The van der Waals surface area contributed by atoms with Crippen molar-refractivity contribution >= 4 is 40.0 Å². The Hall–Kier alpha value is -3.40. The van der Waals surface area contributed by atoms with Crippen molar-refractivity contribution in [2.24, 2.45) is 7.05 Å². The van der Waals surface area contributed by atoms with Crippen molar-refractivity contribution < 1.29 is 9.18 Å². The third-order valence-corrected chi connectivity index (χ3v) is 6.66. The van der Waals surface area contributed by atoms with E-state index in [1.54, 1.807) is 30.1 Å². The average molecular weight is 453 g/mol. The highest BCUT2D eigenvalue weighted by Crippen LogP contribution is 2.23. The molecule has 0 bridgehead atoms. The number of aryl methyl sites for hydroxylation is 1. The molecule has 1 aliphatic rings. The van der Waals surface area contributed by atoms with Crippen LogP contribution in [-0.4, -0.2) is 61.9 Å². The third-order valence-electron chi connectivity index (χ3n) is 5.75. The first-order chi connectivity index (χ1) is 15.5. The summed E-state index contributed by atoms with van der Waals surface area (Å²) in [5, 5.41) is 9.51. The summed E-state index contributed by atoms with van der Waals surface area (Å²) in [6.45, 7) is 2.23. The van der Waals surface area contributed by atoms with E-state index in [0.717, 1.165) is 0 Å². The fourth-order valence-corrected chi connectivity index (χ4v) is 4.87. The highest BCUT2D eigenvalue weighted by molar-refractivity contribution is 7.99. The molecule has 0 radical (unpaired) electrons. The Kier molecular flexibility index (Phi) is 5.30. The van der Waals surface area contributed by atoms with Crippen molar-refractivity contribution in [2.45, 2.75) is 5.16 Å². The molecule has 1 amide bonds. The van der Waals surface area contributed by atoms with Crippen LogP contribution in [0.15, 0.2) is 58.5 Å². The molecular formula is C22H21FN6O2S. The molecule has 1 saturated heterocycles. The molecule has 2 aromatic heterocycles. The molecule has 32 heavy (non-hydrogen) atoms. The molecule has 10 heteroatoms. The second-order valence-electron chi connectivity index (χ2n) is 7.61. The summed E-state index contributed by atoms with van der Waals surface area (Å²) in [4.78, 5) is 29.1. The van der Waals surface area contributed by atoms with E-state index in [1.165, 1.54) is 22.4 Å². The largest absolute Gasteiger partial charge is 0.366 e. The number of amides is 1. The van der Waals surface area contributed by atoms with Gasteiger partial charge < -0.3 is 9.80 Å². The van der Waals surface area contributed by atoms with Crippen LogP contribution < -0.4 is 10.5 Å². The summed E-state index contributed by atoms with van der Waals surface area (Å²) < 4.78 is 17.3. The Labute approximate surface area is 187 Å². The van der Waals surface area contributed by atoms with Gasteiger partial charge in [0.1, 0.15) is 5.82 Å². The Balaban J connectivity index is 1.30. The van der Waals surface area contributed by atoms with Crippen molar-refractivity contribution in [3.63, 3.8) is 0 Å². The van der Waals surface area contributed by atoms with E-state index >= 15 is 0 Å². The zero-order valence-electron chi connectivity index (χ0n) is 17.4. The Morgan fingerprint density at radius 3 is 2.53 bits per heavy atom. The van der Waals surface area contributed by atoms with Crippen LogP contribution in [0.25, 0.3) is 16.7 Å². The first-order valence-corrected chi connectivity index (χ1v) is 11.3. The van der Waals surface area contributed by atoms with Crippen molar-refractivity contribution in [1.82, 2.24) is 24.1 Å². The number of hydrogen-bond donors (Lipinski definition) is 0. The number of carbonyl (C=O) groups excluding carboxylic acids is 1. The van der Waals surface area contributed by atoms with E-state index in [2.05, 4.69) is 10.2 Å². The average Bonchev–Trinajstić information content (AvgIpc) is 3.26. The lowest BCUT2D eigenvalue weighted by atomic mass is 10.2. The number of halogens is 1. The van der Waals surface area contributed by atoms with Gasteiger partial charge in [-0.2, -0.15) is 0 Å². The lowest BCUT2D eigenvalue weighted by molar-refractivity contribution is -0.128. The zero-order valence-corrected chi connectivity index (χ0v) is 18.3. The molecule has 8 nitrogen and oxygen atoms in total. The minimum atomic E-state index is -0.247. The number of aromatic nitrogens is 4. The highest BCUT2D eigenvalue weighted by Gasteiger charge is 2.23. The van der Waals surface area contributed by atoms with E-state index in [1.807, 2.05) is 33.6 Å². The number of anilines is 1. The normalized spacial score (nSPS) is 14.4. The predicted octanol–water partition coefficient (Wildman–Crippen LogP) is 2.16. The molecule has 1 fully saturated rings. The third kappa shape index (κ3) is 3.50. The molecule has 2 aromatic carbocycles. The molecule has 0 N–H and O–H groups in total. The van der Waals surface area contributed by atoms with Crippen molar-refractivity contribution in [3.8, 4) is 0 Å². The molecule has 0 atom stereocenters. The van der Waals surface area contributed by atoms with Crippen LogP contribution in [0.3, 0.4) is 0 Å². The topological polar surface area (TPSA) is 75.7 Å². The Morgan fingerprint density at radius 2 is 1.75 bits per heavy atom. The maximum atomic E-state index is 14.0. The predicted molar refractivity (Wildman–Crippen MR) is 122 cm³/mol. The zero-order chi connectivity index (χ0) is 22.2. The van der Waals surface area contributed by atoms with Crippen molar-refractivity contribution in [3.05, 3.63) is 64.7 Å². The number of fused-ring (bicyclic) bond motifs is 3. The number of rotatable bonds is 4. The number of benzene rings is 2. The molecule has 3 heterocycles. The molecule has 0 aliphatic carbocycles. The highest BCUT2D eigenvalue weighted by atomic mass is 32.2. The number of hydrogen-bond acceptors (Lipinski definition) is 6. The van der Waals surface area contributed by atoms with E-state index in [-0.39, 0.29) is 23.0 Å². The summed E-state index contributed by atoms with van der Waals surface area (Å²) in [5.74, 6) is 0.386. The summed E-state index contributed by atoms with van der Waals surface area (Å²) in [5.41, 5.74) is 1.14. The van der Waals surface area contributed by atoms with E-state index in [9.17, 15) is 14.0 Å². The van der Waals surface area contributed by atoms with Crippen LogP contribution in [0, 0.1) is 5.82 Å². The standard InChI is InChI=1S/C22H21FN6O2S/c1-26-20(31)15-6-2-4-8-17(15)29-21(26)24-25-22(29)32-14-19(30)28-12-10-27(11-13-28)18-9-5-3-7-16(18)23/h2-9H,10-14H2,1H3. The maximum Gasteiger partial charge on any atom is 0.262 e. The molecule has 0 saturated carbocycles. The van der Waals surface area contributed by atoms with Gasteiger partial charge in [-0.3, -0.25) is 18.6 Å². The number of para-hydroxylation sites is 2. The minimum absolute atomic E-state index is 0.00550. The van der Waals surface area contributed by atoms with Gasteiger partial charge in [0.15, 0.2) is 5.16 Å². The number of piperazine rings is 1. The molecule has 0 unspecified atom stereocenters. The SMILES string of the molecule is Cn1c(=O)c2ccccc2n2c(SCC(=O)N3CCN(c4ccccc4F)CC3)nnc12. The second kappa shape index (κ2) is 8.27. The van der Waals surface area contributed by atoms with E-state index in [4.69, 9.17) is 0 Å². The van der Waals surface area contributed by atoms with Crippen LogP contribution in [0.1, 0.15) is 0 Å². The minimum Gasteiger partial charge on any atom is -0.366 e. The van der Waals surface area contributed by atoms with Gasteiger partial charge in [-0.15, -0.1) is 10.2 Å². The van der Waals surface area contributed by atoms with Crippen molar-refractivity contribution in [2.75, 3.05) is 36.8 Å². The summed E-state index contributed by atoms with van der Waals surface area (Å²) >= 11 is 1.30. The Morgan fingerprint density at radius 1 is 1.03 bits per heavy atom. The van der Waals surface area contributed by atoms with Gasteiger partial charge in [-0.1, -0.05) is 36.0 Å². The van der Waals surface area contributed by atoms with Crippen LogP contribution in [-0.2, 0) is 11.8 Å². The summed E-state index contributed by atoms with van der Waals surface area (Å²) in [6, 6.07) is 14.0. The van der Waals surface area contributed by atoms with Gasteiger partial charge in [-0.25, -0.2) is 4.39 Å². The molecular weight excluding hydrogens is 431 g/mol. The van der Waals surface area contributed by atoms with Gasteiger partial charge in [-0.05, 0) is 24.3 Å².